The number of ether oxygens (including phenoxy) is 1. The molecule has 27 heavy (non-hydrogen) atoms. The zero-order valence-corrected chi connectivity index (χ0v) is 15.2. The summed E-state index contributed by atoms with van der Waals surface area (Å²) in [6.45, 7) is 3.49. The maximum absolute atomic E-state index is 13.6. The highest BCUT2D eigenvalue weighted by Gasteiger charge is 2.30. The van der Waals surface area contributed by atoms with Crippen LogP contribution in [0.5, 0.6) is 5.75 Å². The normalized spacial score (nSPS) is 13.8. The van der Waals surface area contributed by atoms with Crippen LogP contribution in [0, 0.1) is 5.82 Å². The van der Waals surface area contributed by atoms with Gasteiger partial charge in [-0.15, -0.1) is 0 Å². The molecule has 1 heterocycles. The van der Waals surface area contributed by atoms with Gasteiger partial charge in [0.05, 0.1) is 6.61 Å². The van der Waals surface area contributed by atoms with Crippen molar-refractivity contribution in [1.29, 1.82) is 0 Å². The van der Waals surface area contributed by atoms with E-state index < -0.39 is 0 Å². The predicted molar refractivity (Wildman–Crippen MR) is 100 cm³/mol. The Balaban J connectivity index is 1.53. The molecule has 2 aromatic rings. The molecule has 0 radical (unpaired) electrons. The Bertz CT molecular complexity index is 810. The molecular weight excluding hydrogens is 349 g/mol. The molecule has 0 aromatic heterocycles. The number of carbonyl (C=O) groups excluding carboxylic acids is 2. The summed E-state index contributed by atoms with van der Waals surface area (Å²) in [7, 11) is 0. The van der Waals surface area contributed by atoms with Gasteiger partial charge >= 0.3 is 6.03 Å². The molecule has 1 saturated heterocycles. The van der Waals surface area contributed by atoms with Crippen LogP contribution >= 0.6 is 0 Å². The minimum atomic E-state index is -0.364. The van der Waals surface area contributed by atoms with Gasteiger partial charge in [0.1, 0.15) is 18.1 Å². The topological polar surface area (TPSA) is 61.9 Å². The lowest BCUT2D eigenvalue weighted by molar-refractivity contribution is -0.121. The van der Waals surface area contributed by atoms with E-state index in [0.29, 0.717) is 25.3 Å². The van der Waals surface area contributed by atoms with Gasteiger partial charge in [-0.1, -0.05) is 18.2 Å². The number of carbonyl (C=O) groups is 2. The molecule has 6 nitrogen and oxygen atoms in total. The first-order chi connectivity index (χ1) is 13.1. The monoisotopic (exact) mass is 371 g/mol. The van der Waals surface area contributed by atoms with Gasteiger partial charge < -0.3 is 15.0 Å². The molecule has 0 aliphatic carbocycles. The standard InChI is InChI=1S/C20H22FN3O3/c1-2-27-17-9-7-16(8-10-17)24-12-11-23(20(24)26)14-19(25)22-13-15-5-3-4-6-18(15)21/h3-10H,2,11-14H2,1H3,(H,22,25). The highest BCUT2D eigenvalue weighted by molar-refractivity contribution is 5.96. The minimum Gasteiger partial charge on any atom is -0.494 e. The van der Waals surface area contributed by atoms with Crippen LogP contribution in [0.25, 0.3) is 0 Å². The second-order valence-electron chi connectivity index (χ2n) is 6.15. The molecule has 2 aromatic carbocycles. The van der Waals surface area contributed by atoms with E-state index in [1.54, 1.807) is 23.1 Å². The number of anilines is 1. The fraction of sp³-hybridized carbons (Fsp3) is 0.300. The first kappa shape index (κ1) is 18.7. The Morgan fingerprint density at radius 3 is 2.59 bits per heavy atom. The van der Waals surface area contributed by atoms with Crippen molar-refractivity contribution in [2.45, 2.75) is 13.5 Å². The Morgan fingerprint density at radius 2 is 1.89 bits per heavy atom. The third-order valence-electron chi connectivity index (χ3n) is 4.32. The fourth-order valence-corrected chi connectivity index (χ4v) is 2.92. The lowest BCUT2D eigenvalue weighted by atomic mass is 10.2. The average molecular weight is 371 g/mol. The molecule has 7 heteroatoms. The molecule has 0 atom stereocenters. The second-order valence-corrected chi connectivity index (χ2v) is 6.15. The summed E-state index contributed by atoms with van der Waals surface area (Å²) in [6.07, 6.45) is 0. The van der Waals surface area contributed by atoms with Crippen LogP contribution in [0.1, 0.15) is 12.5 Å². The zero-order valence-electron chi connectivity index (χ0n) is 15.2. The Kier molecular flexibility index (Phi) is 5.90. The summed E-state index contributed by atoms with van der Waals surface area (Å²) in [5, 5.41) is 2.66. The summed E-state index contributed by atoms with van der Waals surface area (Å²) in [5.41, 5.74) is 1.17. The number of nitrogens with zero attached hydrogens (tertiary/aromatic N) is 2. The molecule has 1 N–H and O–H groups in total. The molecule has 0 spiro atoms. The summed E-state index contributed by atoms with van der Waals surface area (Å²) in [4.78, 5) is 27.8. The van der Waals surface area contributed by atoms with Gasteiger partial charge in [0, 0.05) is 30.9 Å². The smallest absolute Gasteiger partial charge is 0.325 e. The van der Waals surface area contributed by atoms with Crippen LogP contribution in [0.4, 0.5) is 14.9 Å². The van der Waals surface area contributed by atoms with Crippen LogP contribution < -0.4 is 15.0 Å². The zero-order chi connectivity index (χ0) is 19.2. The largest absolute Gasteiger partial charge is 0.494 e. The SMILES string of the molecule is CCOc1ccc(N2CCN(CC(=O)NCc3ccccc3F)C2=O)cc1. The third-order valence-corrected chi connectivity index (χ3v) is 4.32. The van der Waals surface area contributed by atoms with Gasteiger partial charge in [-0.2, -0.15) is 0 Å². The van der Waals surface area contributed by atoms with Gasteiger partial charge in [-0.05, 0) is 37.3 Å². The first-order valence-electron chi connectivity index (χ1n) is 8.88. The Hall–Kier alpha value is -3.09. The quantitative estimate of drug-likeness (QED) is 0.814. The van der Waals surface area contributed by atoms with Crippen LogP contribution in [0.3, 0.4) is 0 Å². The van der Waals surface area contributed by atoms with E-state index in [1.807, 2.05) is 31.2 Å². The molecular formula is C20H22FN3O3. The Labute approximate surface area is 157 Å². The molecule has 1 aliphatic rings. The van der Waals surface area contributed by atoms with Crippen molar-refractivity contribution in [2.24, 2.45) is 0 Å². The van der Waals surface area contributed by atoms with Gasteiger partial charge in [0.15, 0.2) is 0 Å². The second kappa shape index (κ2) is 8.53. The van der Waals surface area contributed by atoms with Gasteiger partial charge in [0.2, 0.25) is 5.91 Å². The van der Waals surface area contributed by atoms with E-state index in [9.17, 15) is 14.0 Å². The van der Waals surface area contributed by atoms with E-state index >= 15 is 0 Å². The number of benzene rings is 2. The third kappa shape index (κ3) is 4.55. The average Bonchev–Trinajstić information content (AvgIpc) is 3.02. The van der Waals surface area contributed by atoms with Crippen molar-refractivity contribution >= 4 is 17.6 Å². The van der Waals surface area contributed by atoms with E-state index in [-0.39, 0.29) is 30.8 Å². The first-order valence-corrected chi connectivity index (χ1v) is 8.88. The van der Waals surface area contributed by atoms with Gasteiger partial charge in [-0.25, -0.2) is 9.18 Å². The van der Waals surface area contributed by atoms with Crippen LogP contribution in [0.15, 0.2) is 48.5 Å². The number of hydrogen-bond donors (Lipinski definition) is 1. The number of hydrogen-bond acceptors (Lipinski definition) is 3. The summed E-state index contributed by atoms with van der Waals surface area (Å²) < 4.78 is 19.0. The summed E-state index contributed by atoms with van der Waals surface area (Å²) >= 11 is 0. The van der Waals surface area contributed by atoms with Gasteiger partial charge in [-0.3, -0.25) is 9.69 Å². The number of amides is 3. The van der Waals surface area contributed by atoms with Crippen molar-refractivity contribution in [3.8, 4) is 5.75 Å². The molecule has 142 valence electrons. The lowest BCUT2D eigenvalue weighted by Crippen LogP contribution is -2.39. The predicted octanol–water partition coefficient (Wildman–Crippen LogP) is 2.78. The minimum absolute atomic E-state index is 0.0547. The van der Waals surface area contributed by atoms with Crippen molar-refractivity contribution in [3.63, 3.8) is 0 Å². The van der Waals surface area contributed by atoms with Crippen LogP contribution in [-0.2, 0) is 11.3 Å². The fourth-order valence-electron chi connectivity index (χ4n) is 2.92. The number of urea groups is 1. The van der Waals surface area contributed by atoms with E-state index in [2.05, 4.69) is 5.32 Å². The van der Waals surface area contributed by atoms with E-state index in [4.69, 9.17) is 4.74 Å². The van der Waals surface area contributed by atoms with Crippen molar-refractivity contribution in [1.82, 2.24) is 10.2 Å². The van der Waals surface area contributed by atoms with Crippen LogP contribution in [0.2, 0.25) is 0 Å². The highest BCUT2D eigenvalue weighted by atomic mass is 19.1. The number of rotatable bonds is 7. The van der Waals surface area contributed by atoms with Crippen molar-refractivity contribution in [2.75, 3.05) is 31.1 Å². The number of halogens is 1. The molecule has 0 bridgehead atoms. The Morgan fingerprint density at radius 1 is 1.15 bits per heavy atom. The highest BCUT2D eigenvalue weighted by Crippen LogP contribution is 2.23. The molecule has 0 unspecified atom stereocenters. The summed E-state index contributed by atoms with van der Waals surface area (Å²) in [5.74, 6) is 0.0640. The molecule has 3 amide bonds. The maximum Gasteiger partial charge on any atom is 0.325 e. The summed E-state index contributed by atoms with van der Waals surface area (Å²) in [6, 6.07) is 13.3. The lowest BCUT2D eigenvalue weighted by Gasteiger charge is -2.19. The molecule has 1 fully saturated rings. The van der Waals surface area contributed by atoms with Crippen molar-refractivity contribution in [3.05, 3.63) is 59.9 Å². The van der Waals surface area contributed by atoms with E-state index in [1.165, 1.54) is 11.0 Å². The maximum atomic E-state index is 13.6. The van der Waals surface area contributed by atoms with Crippen LogP contribution in [-0.4, -0.2) is 43.1 Å². The molecule has 3 rings (SSSR count). The molecule has 0 saturated carbocycles. The van der Waals surface area contributed by atoms with E-state index in [0.717, 1.165) is 11.4 Å². The number of nitrogens with one attached hydrogen (secondary N) is 1. The van der Waals surface area contributed by atoms with Gasteiger partial charge in [0.25, 0.3) is 0 Å². The van der Waals surface area contributed by atoms with Crippen molar-refractivity contribution < 1.29 is 18.7 Å². The molecule has 1 aliphatic heterocycles.